The molecule has 1 fully saturated rings. The fraction of sp³-hybridized carbons (Fsp3) is 0.588. The Balaban J connectivity index is 1.98. The lowest BCUT2D eigenvalue weighted by Crippen LogP contribution is -2.45. The van der Waals surface area contributed by atoms with Crippen molar-refractivity contribution in [3.05, 3.63) is 35.6 Å². The lowest BCUT2D eigenvalue weighted by Gasteiger charge is -2.36. The first kappa shape index (κ1) is 16.1. The van der Waals surface area contributed by atoms with E-state index in [9.17, 15) is 14.3 Å². The van der Waals surface area contributed by atoms with Crippen molar-refractivity contribution in [2.75, 3.05) is 13.6 Å². The molecule has 1 aromatic carbocycles. The number of carbonyl (C=O) groups is 1. The van der Waals surface area contributed by atoms with Gasteiger partial charge < -0.3 is 10.0 Å². The molecule has 3 atom stereocenters. The number of Topliss-reactive ketones (excluding diaryl/α,β-unsaturated/α-hetero) is 1. The van der Waals surface area contributed by atoms with Crippen molar-refractivity contribution in [3.63, 3.8) is 0 Å². The van der Waals surface area contributed by atoms with Gasteiger partial charge in [-0.2, -0.15) is 0 Å². The van der Waals surface area contributed by atoms with E-state index in [4.69, 9.17) is 0 Å². The number of halogens is 1. The number of ketones is 1. The molecule has 3 nitrogen and oxygen atoms in total. The van der Waals surface area contributed by atoms with Gasteiger partial charge in [0.2, 0.25) is 0 Å². The fourth-order valence-electron chi connectivity index (χ4n) is 3.18. The highest BCUT2D eigenvalue weighted by Gasteiger charge is 2.29. The van der Waals surface area contributed by atoms with Crippen LogP contribution in [0.4, 0.5) is 4.39 Å². The van der Waals surface area contributed by atoms with Gasteiger partial charge in [-0.05, 0) is 32.0 Å². The molecule has 0 saturated heterocycles. The smallest absolute Gasteiger partial charge is 0.169 e. The third-order valence-electron chi connectivity index (χ3n) is 4.41. The zero-order valence-corrected chi connectivity index (χ0v) is 12.8. The van der Waals surface area contributed by atoms with Crippen LogP contribution in [0.1, 0.15) is 43.0 Å². The summed E-state index contributed by atoms with van der Waals surface area (Å²) in [5.74, 6) is -0.930. The largest absolute Gasteiger partial charge is 0.391 e. The second-order valence-electron chi connectivity index (χ2n) is 6.10. The number of rotatable bonds is 5. The van der Waals surface area contributed by atoms with E-state index < -0.39 is 5.82 Å². The van der Waals surface area contributed by atoms with Crippen LogP contribution >= 0.6 is 0 Å². The second kappa shape index (κ2) is 7.14. The Labute approximate surface area is 125 Å². The monoisotopic (exact) mass is 293 g/mol. The van der Waals surface area contributed by atoms with Crippen LogP contribution < -0.4 is 0 Å². The zero-order valence-electron chi connectivity index (χ0n) is 12.8. The number of aliphatic hydroxyl groups excluding tert-OH is 1. The average molecular weight is 293 g/mol. The Kier molecular flexibility index (Phi) is 5.48. The summed E-state index contributed by atoms with van der Waals surface area (Å²) in [4.78, 5) is 14.4. The van der Waals surface area contributed by atoms with Gasteiger partial charge in [-0.1, -0.05) is 31.9 Å². The van der Waals surface area contributed by atoms with Crippen molar-refractivity contribution >= 4 is 5.78 Å². The molecule has 21 heavy (non-hydrogen) atoms. The number of nitrogens with zero attached hydrogens (tertiary/aromatic N) is 1. The van der Waals surface area contributed by atoms with Gasteiger partial charge in [0.05, 0.1) is 11.7 Å². The molecular formula is C17H24FNO2. The highest BCUT2D eigenvalue weighted by Crippen LogP contribution is 2.23. The van der Waals surface area contributed by atoms with Crippen LogP contribution in [0, 0.1) is 11.7 Å². The maximum absolute atomic E-state index is 13.7. The van der Waals surface area contributed by atoms with Crippen LogP contribution in [-0.2, 0) is 0 Å². The number of hydrogen-bond acceptors (Lipinski definition) is 3. The van der Waals surface area contributed by atoms with E-state index in [-0.39, 0.29) is 29.4 Å². The summed E-state index contributed by atoms with van der Waals surface area (Å²) >= 11 is 0. The van der Waals surface area contributed by atoms with Crippen molar-refractivity contribution in [2.24, 2.45) is 5.92 Å². The summed E-state index contributed by atoms with van der Waals surface area (Å²) in [6.45, 7) is 2.36. The minimum absolute atomic E-state index is 0.106. The van der Waals surface area contributed by atoms with Gasteiger partial charge in [-0.3, -0.25) is 4.79 Å². The highest BCUT2D eigenvalue weighted by molar-refractivity contribution is 5.98. The van der Waals surface area contributed by atoms with Crippen molar-refractivity contribution in [3.8, 4) is 0 Å². The van der Waals surface area contributed by atoms with Gasteiger partial charge in [0.15, 0.2) is 5.78 Å². The quantitative estimate of drug-likeness (QED) is 0.849. The molecule has 0 aromatic heterocycles. The summed E-state index contributed by atoms with van der Waals surface area (Å²) < 4.78 is 13.7. The summed E-state index contributed by atoms with van der Waals surface area (Å²) in [6.07, 6.45) is 3.64. The van der Waals surface area contributed by atoms with Gasteiger partial charge in [0.1, 0.15) is 5.82 Å². The van der Waals surface area contributed by atoms with Gasteiger partial charge in [0.25, 0.3) is 0 Å². The van der Waals surface area contributed by atoms with Crippen LogP contribution in [0.5, 0.6) is 0 Å². The number of aliphatic hydroxyl groups is 1. The van der Waals surface area contributed by atoms with Gasteiger partial charge in [-0.25, -0.2) is 4.39 Å². The molecule has 4 heteroatoms. The molecule has 3 unspecified atom stereocenters. The Morgan fingerprint density at radius 1 is 1.38 bits per heavy atom. The minimum atomic E-state index is -0.463. The van der Waals surface area contributed by atoms with Crippen molar-refractivity contribution < 1.29 is 14.3 Å². The molecule has 0 amide bonds. The van der Waals surface area contributed by atoms with Crippen LogP contribution in [-0.4, -0.2) is 41.5 Å². The molecule has 0 heterocycles. The normalized spacial score (nSPS) is 24.0. The number of hydrogen-bond donors (Lipinski definition) is 1. The molecule has 116 valence electrons. The minimum Gasteiger partial charge on any atom is -0.391 e. The number of likely N-dealkylation sites (N-methyl/N-ethyl adjacent to an activating group) is 1. The molecule has 1 aliphatic rings. The summed E-state index contributed by atoms with van der Waals surface area (Å²) in [6, 6.07) is 6.21. The van der Waals surface area contributed by atoms with E-state index in [1.54, 1.807) is 12.1 Å². The van der Waals surface area contributed by atoms with Crippen LogP contribution in [0.25, 0.3) is 0 Å². The SMILES string of the molecule is CC(CN(C)C1CCCCC1O)C(=O)c1ccccc1F. The summed E-state index contributed by atoms with van der Waals surface area (Å²) in [7, 11) is 1.93. The maximum Gasteiger partial charge on any atom is 0.169 e. The molecule has 2 rings (SSSR count). The first-order valence-electron chi connectivity index (χ1n) is 7.67. The van der Waals surface area contributed by atoms with Gasteiger partial charge in [0, 0.05) is 18.5 Å². The first-order valence-corrected chi connectivity index (χ1v) is 7.67. The van der Waals surface area contributed by atoms with E-state index in [2.05, 4.69) is 0 Å². The van der Waals surface area contributed by atoms with Crippen LogP contribution in [0.3, 0.4) is 0 Å². The predicted octanol–water partition coefficient (Wildman–Crippen LogP) is 2.88. The molecule has 1 aromatic rings. The van der Waals surface area contributed by atoms with Crippen molar-refractivity contribution in [1.82, 2.24) is 4.90 Å². The summed E-state index contributed by atoms with van der Waals surface area (Å²) in [5, 5.41) is 10.1. The van der Waals surface area contributed by atoms with Crippen molar-refractivity contribution in [2.45, 2.75) is 44.8 Å². The Morgan fingerprint density at radius 2 is 2.05 bits per heavy atom. The van der Waals surface area contributed by atoms with Gasteiger partial charge in [-0.15, -0.1) is 0 Å². The first-order chi connectivity index (χ1) is 10.0. The molecule has 0 radical (unpaired) electrons. The molecule has 1 N–H and O–H groups in total. The third-order valence-corrected chi connectivity index (χ3v) is 4.41. The molecule has 1 saturated carbocycles. The van der Waals surface area contributed by atoms with E-state index in [0.717, 1.165) is 25.7 Å². The number of benzene rings is 1. The molecule has 1 aliphatic carbocycles. The van der Waals surface area contributed by atoms with E-state index in [1.807, 2.05) is 18.9 Å². The van der Waals surface area contributed by atoms with Crippen LogP contribution in [0.2, 0.25) is 0 Å². The van der Waals surface area contributed by atoms with Crippen LogP contribution in [0.15, 0.2) is 24.3 Å². The Hall–Kier alpha value is -1.26. The molecule has 0 aliphatic heterocycles. The van der Waals surface area contributed by atoms with E-state index in [1.165, 1.54) is 12.1 Å². The molecular weight excluding hydrogens is 269 g/mol. The third kappa shape index (κ3) is 3.89. The lowest BCUT2D eigenvalue weighted by atomic mass is 9.90. The maximum atomic E-state index is 13.7. The lowest BCUT2D eigenvalue weighted by molar-refractivity contribution is 0.0264. The Morgan fingerprint density at radius 3 is 2.71 bits per heavy atom. The highest BCUT2D eigenvalue weighted by atomic mass is 19.1. The van der Waals surface area contributed by atoms with Gasteiger partial charge >= 0.3 is 0 Å². The topological polar surface area (TPSA) is 40.5 Å². The second-order valence-corrected chi connectivity index (χ2v) is 6.10. The summed E-state index contributed by atoms with van der Waals surface area (Å²) in [5.41, 5.74) is 0.155. The standard InChI is InChI=1S/C17H24FNO2/c1-12(17(21)13-7-3-4-8-14(13)18)11-19(2)15-9-5-6-10-16(15)20/h3-4,7-8,12,15-16,20H,5-6,9-11H2,1-2H3. The molecule has 0 spiro atoms. The molecule has 0 bridgehead atoms. The average Bonchev–Trinajstić information content (AvgIpc) is 2.47. The van der Waals surface area contributed by atoms with Crippen molar-refractivity contribution in [1.29, 1.82) is 0 Å². The van der Waals surface area contributed by atoms with E-state index in [0.29, 0.717) is 6.54 Å². The van der Waals surface area contributed by atoms with E-state index >= 15 is 0 Å². The zero-order chi connectivity index (χ0) is 15.4. The Bertz CT molecular complexity index is 491. The fourth-order valence-corrected chi connectivity index (χ4v) is 3.18. The number of carbonyl (C=O) groups excluding carboxylic acids is 1. The predicted molar refractivity (Wildman–Crippen MR) is 80.8 cm³/mol.